The molecule has 4 heterocycles. The third-order valence-corrected chi connectivity index (χ3v) is 6.36. The van der Waals surface area contributed by atoms with Crippen molar-refractivity contribution in [1.29, 1.82) is 0 Å². The maximum Gasteiger partial charge on any atom is 0.229 e. The number of fused-ring (bicyclic) bond motifs is 1. The van der Waals surface area contributed by atoms with Gasteiger partial charge in [-0.25, -0.2) is 19.9 Å². The molecule has 0 aromatic carbocycles. The van der Waals surface area contributed by atoms with E-state index in [1.807, 2.05) is 12.3 Å². The quantitative estimate of drug-likeness (QED) is 0.458. The number of thiazole rings is 1. The van der Waals surface area contributed by atoms with Crippen LogP contribution in [-0.2, 0) is 4.79 Å². The molecule has 0 aliphatic heterocycles. The number of hydrogen-bond acceptors (Lipinski definition) is 8. The van der Waals surface area contributed by atoms with Crippen molar-refractivity contribution in [2.45, 2.75) is 38.6 Å². The van der Waals surface area contributed by atoms with Crippen LogP contribution in [0, 0.1) is 12.8 Å². The van der Waals surface area contributed by atoms with Gasteiger partial charge in [-0.1, -0.05) is 0 Å². The number of amides is 1. The van der Waals surface area contributed by atoms with Crippen molar-refractivity contribution in [2.24, 2.45) is 5.92 Å². The van der Waals surface area contributed by atoms with Crippen molar-refractivity contribution in [3.8, 4) is 11.5 Å². The fourth-order valence-corrected chi connectivity index (χ4v) is 4.63. The van der Waals surface area contributed by atoms with Crippen LogP contribution in [0.25, 0.3) is 22.7 Å². The van der Waals surface area contributed by atoms with Crippen LogP contribution in [0.3, 0.4) is 0 Å². The second-order valence-electron chi connectivity index (χ2n) is 7.50. The van der Waals surface area contributed by atoms with E-state index in [9.17, 15) is 4.79 Å². The molecule has 4 N–H and O–H groups in total. The Morgan fingerprint density at radius 2 is 2.10 bits per heavy atom. The van der Waals surface area contributed by atoms with Crippen molar-refractivity contribution in [2.75, 3.05) is 11.1 Å². The van der Waals surface area contributed by atoms with E-state index < -0.39 is 0 Å². The number of aromatic amines is 1. The molecule has 10 nitrogen and oxygen atoms in total. The standard InChI is InChI=1S/C19H21N9OS/c1-10-8-30-19(23-10)26-18(29)11-2-4-12(5-3-11)28-9-21-14-15(20)24-16(25-17(14)28)13-6-7-22-27-13/h6-9,11-12H,2-5H2,1H3,(H,22,27)(H2,20,24,25)(H,23,26,29)/t11-,12+. The number of hydrogen-bond donors (Lipinski definition) is 3. The summed E-state index contributed by atoms with van der Waals surface area (Å²) in [6.45, 7) is 1.92. The summed E-state index contributed by atoms with van der Waals surface area (Å²) in [5.41, 5.74) is 8.96. The molecule has 4 aromatic heterocycles. The largest absolute Gasteiger partial charge is 0.382 e. The van der Waals surface area contributed by atoms with Crippen LogP contribution in [-0.4, -0.2) is 40.6 Å². The Morgan fingerprint density at radius 1 is 1.27 bits per heavy atom. The first-order valence-electron chi connectivity index (χ1n) is 9.81. The van der Waals surface area contributed by atoms with Crippen LogP contribution in [0.2, 0.25) is 0 Å². The fraction of sp³-hybridized carbons (Fsp3) is 0.368. The lowest BCUT2D eigenvalue weighted by molar-refractivity contribution is -0.120. The lowest BCUT2D eigenvalue weighted by Gasteiger charge is -2.28. The first-order valence-corrected chi connectivity index (χ1v) is 10.7. The van der Waals surface area contributed by atoms with E-state index in [1.54, 1.807) is 18.6 Å². The van der Waals surface area contributed by atoms with E-state index in [2.05, 4.69) is 40.0 Å². The molecule has 30 heavy (non-hydrogen) atoms. The Labute approximate surface area is 176 Å². The highest BCUT2D eigenvalue weighted by atomic mass is 32.1. The summed E-state index contributed by atoms with van der Waals surface area (Å²) in [6.07, 6.45) is 6.81. The minimum absolute atomic E-state index is 0.0143. The lowest BCUT2D eigenvalue weighted by atomic mass is 9.85. The number of imidazole rings is 1. The molecule has 1 saturated carbocycles. The van der Waals surface area contributed by atoms with Gasteiger partial charge in [-0.2, -0.15) is 5.10 Å². The Bertz CT molecular complexity index is 1190. The van der Waals surface area contributed by atoms with Gasteiger partial charge >= 0.3 is 0 Å². The van der Waals surface area contributed by atoms with Gasteiger partial charge in [0.25, 0.3) is 0 Å². The third-order valence-electron chi connectivity index (χ3n) is 5.49. The summed E-state index contributed by atoms with van der Waals surface area (Å²) >= 11 is 1.45. The second kappa shape index (κ2) is 7.48. The summed E-state index contributed by atoms with van der Waals surface area (Å²) < 4.78 is 2.06. The van der Waals surface area contributed by atoms with E-state index in [-0.39, 0.29) is 17.9 Å². The number of nitrogens with one attached hydrogen (secondary N) is 2. The smallest absolute Gasteiger partial charge is 0.229 e. The predicted molar refractivity (Wildman–Crippen MR) is 114 cm³/mol. The Morgan fingerprint density at radius 3 is 2.80 bits per heavy atom. The van der Waals surface area contributed by atoms with Gasteiger partial charge in [0, 0.05) is 23.5 Å². The van der Waals surface area contributed by atoms with Crippen LogP contribution in [0.15, 0.2) is 24.0 Å². The highest BCUT2D eigenvalue weighted by Gasteiger charge is 2.29. The zero-order valence-electron chi connectivity index (χ0n) is 16.4. The van der Waals surface area contributed by atoms with E-state index in [4.69, 9.17) is 5.73 Å². The first-order chi connectivity index (χ1) is 14.6. The minimum Gasteiger partial charge on any atom is -0.382 e. The van der Waals surface area contributed by atoms with Crippen molar-refractivity contribution in [3.05, 3.63) is 29.7 Å². The van der Waals surface area contributed by atoms with Gasteiger partial charge in [-0.3, -0.25) is 9.89 Å². The number of carbonyl (C=O) groups excluding carboxylic acids is 1. The van der Waals surface area contributed by atoms with Gasteiger partial charge in [0.2, 0.25) is 5.91 Å². The Hall–Kier alpha value is -3.34. The first kappa shape index (κ1) is 18.7. The zero-order chi connectivity index (χ0) is 20.7. The van der Waals surface area contributed by atoms with Gasteiger partial charge in [-0.05, 0) is 38.7 Å². The number of aromatic nitrogens is 7. The molecule has 0 radical (unpaired) electrons. The van der Waals surface area contributed by atoms with Crippen molar-refractivity contribution in [3.63, 3.8) is 0 Å². The zero-order valence-corrected chi connectivity index (χ0v) is 17.2. The molecule has 0 spiro atoms. The number of H-pyrrole nitrogens is 1. The molecule has 0 unspecified atom stereocenters. The summed E-state index contributed by atoms with van der Waals surface area (Å²) in [6, 6.07) is 2.01. The number of carbonyl (C=O) groups is 1. The van der Waals surface area contributed by atoms with Crippen molar-refractivity contribution >= 4 is 39.4 Å². The third kappa shape index (κ3) is 3.41. The van der Waals surface area contributed by atoms with Crippen LogP contribution < -0.4 is 11.1 Å². The van der Waals surface area contributed by atoms with Crippen LogP contribution in [0.5, 0.6) is 0 Å². The monoisotopic (exact) mass is 423 g/mol. The van der Waals surface area contributed by atoms with E-state index in [0.717, 1.165) is 31.4 Å². The number of nitrogens with two attached hydrogens (primary N) is 1. The fourth-order valence-electron chi connectivity index (χ4n) is 3.94. The molecule has 154 valence electrons. The van der Waals surface area contributed by atoms with E-state index >= 15 is 0 Å². The molecule has 0 atom stereocenters. The number of aryl methyl sites for hydroxylation is 1. The predicted octanol–water partition coefficient (Wildman–Crippen LogP) is 2.93. The molecule has 11 heteroatoms. The topological polar surface area (TPSA) is 140 Å². The molecular formula is C19H21N9OS. The Balaban J connectivity index is 1.33. The molecular weight excluding hydrogens is 402 g/mol. The van der Waals surface area contributed by atoms with Crippen LogP contribution in [0.4, 0.5) is 10.9 Å². The van der Waals surface area contributed by atoms with E-state index in [0.29, 0.717) is 33.6 Å². The van der Waals surface area contributed by atoms with Gasteiger partial charge in [-0.15, -0.1) is 11.3 Å². The Kier molecular flexibility index (Phi) is 4.66. The highest BCUT2D eigenvalue weighted by molar-refractivity contribution is 7.13. The van der Waals surface area contributed by atoms with Gasteiger partial charge < -0.3 is 15.6 Å². The summed E-state index contributed by atoms with van der Waals surface area (Å²) in [4.78, 5) is 30.3. The lowest BCUT2D eigenvalue weighted by Crippen LogP contribution is -2.28. The maximum atomic E-state index is 12.6. The van der Waals surface area contributed by atoms with E-state index in [1.165, 1.54) is 11.3 Å². The normalized spacial score (nSPS) is 19.2. The summed E-state index contributed by atoms with van der Waals surface area (Å²) in [7, 11) is 0. The SMILES string of the molecule is Cc1csc(NC(=O)[C@H]2CC[C@@H](n3cnc4c(N)nc(-c5cc[nH]n5)nc43)CC2)n1. The highest BCUT2D eigenvalue weighted by Crippen LogP contribution is 2.35. The van der Waals surface area contributed by atoms with Gasteiger partial charge in [0.15, 0.2) is 22.4 Å². The molecule has 4 aromatic rings. The van der Waals surface area contributed by atoms with Crippen LogP contribution in [0.1, 0.15) is 37.4 Å². The average molecular weight is 424 g/mol. The minimum atomic E-state index is -0.0143. The molecule has 0 saturated heterocycles. The molecule has 1 amide bonds. The second-order valence-corrected chi connectivity index (χ2v) is 8.36. The van der Waals surface area contributed by atoms with Crippen LogP contribution >= 0.6 is 11.3 Å². The molecule has 0 bridgehead atoms. The molecule has 1 aliphatic carbocycles. The summed E-state index contributed by atoms with van der Waals surface area (Å²) in [5, 5.41) is 12.5. The number of nitrogens with zero attached hydrogens (tertiary/aromatic N) is 6. The molecule has 1 aliphatic rings. The molecule has 1 fully saturated rings. The molecule has 5 rings (SSSR count). The van der Waals surface area contributed by atoms with Gasteiger partial charge in [0.1, 0.15) is 11.2 Å². The summed E-state index contributed by atoms with van der Waals surface area (Å²) in [5.74, 6) is 0.837. The number of rotatable bonds is 4. The number of anilines is 2. The maximum absolute atomic E-state index is 12.6. The average Bonchev–Trinajstić information content (AvgIpc) is 3.49. The van der Waals surface area contributed by atoms with Gasteiger partial charge in [0.05, 0.1) is 12.0 Å². The number of nitrogen functional groups attached to an aromatic ring is 1. The van der Waals surface area contributed by atoms with Crippen molar-refractivity contribution in [1.82, 2.24) is 34.7 Å². The van der Waals surface area contributed by atoms with Crippen molar-refractivity contribution < 1.29 is 4.79 Å².